The van der Waals surface area contributed by atoms with E-state index in [4.69, 9.17) is 37.9 Å². The molecule has 6 aromatic carbocycles. The Balaban J connectivity index is 0.766. The number of ether oxygens (including phenoxy) is 8. The predicted molar refractivity (Wildman–Crippen MR) is 235 cm³/mol. The first kappa shape index (κ1) is 44.7. The number of benzene rings is 6. The molecular weight excluding hydrogens is 849 g/mol. The summed E-state index contributed by atoms with van der Waals surface area (Å²) in [4.78, 5) is 76.8. The smallest absolute Gasteiger partial charge is 0.343 e. The fraction of sp³-hybridized carbons (Fsp3) is 0.192. The molecule has 4 atom stereocenters. The number of carbonyl (C=O) groups excluding carboxylic acids is 6. The van der Waals surface area contributed by atoms with Gasteiger partial charge in [0.15, 0.2) is 12.2 Å². The Kier molecular flexibility index (Phi) is 13.7. The second-order valence-electron chi connectivity index (χ2n) is 15.2. The van der Waals surface area contributed by atoms with Crippen LogP contribution >= 0.6 is 0 Å². The number of esters is 6. The van der Waals surface area contributed by atoms with Crippen LogP contribution in [0.3, 0.4) is 0 Å². The fourth-order valence-electron chi connectivity index (χ4n) is 7.10. The second-order valence-corrected chi connectivity index (χ2v) is 15.2. The van der Waals surface area contributed by atoms with Gasteiger partial charge >= 0.3 is 35.8 Å². The number of hydrogen-bond acceptors (Lipinski definition) is 14. The SMILES string of the molecule is CCc1ccc(C(=O)Oc2ccc(C(=O)Oc3ccc(C(=O)OC4COC5C(OC(=O)c6ccc(OC(=O)c7ccc(OC(=O)c8ccc(CC)cc8)cc7)cc6)COC45)cc3)cc2)cc1. The largest absolute Gasteiger partial charge is 0.453 e. The van der Waals surface area contributed by atoms with Gasteiger partial charge in [-0.1, -0.05) is 38.1 Å². The van der Waals surface area contributed by atoms with E-state index in [1.54, 1.807) is 24.3 Å². The minimum atomic E-state index is -0.781. The lowest BCUT2D eigenvalue weighted by Crippen LogP contribution is -2.36. The van der Waals surface area contributed by atoms with Gasteiger partial charge in [-0.2, -0.15) is 0 Å². The molecule has 14 nitrogen and oxygen atoms in total. The highest BCUT2D eigenvalue weighted by Gasteiger charge is 2.51. The van der Waals surface area contributed by atoms with E-state index in [-0.39, 0.29) is 58.5 Å². The molecule has 0 bridgehead atoms. The van der Waals surface area contributed by atoms with Crippen LogP contribution in [0.15, 0.2) is 146 Å². The Morgan fingerprint density at radius 3 is 0.833 bits per heavy atom. The van der Waals surface area contributed by atoms with E-state index in [0.29, 0.717) is 11.1 Å². The molecule has 4 unspecified atom stereocenters. The molecule has 0 N–H and O–H groups in total. The molecule has 8 rings (SSSR count). The maximum absolute atomic E-state index is 13.1. The van der Waals surface area contributed by atoms with Gasteiger partial charge in [-0.05, 0) is 145 Å². The molecule has 0 aliphatic carbocycles. The van der Waals surface area contributed by atoms with Crippen LogP contribution < -0.4 is 18.9 Å². The van der Waals surface area contributed by atoms with Gasteiger partial charge in [0.1, 0.15) is 35.2 Å². The Labute approximate surface area is 378 Å². The molecule has 2 aliphatic heterocycles. The monoisotopic (exact) mass is 890 g/mol. The van der Waals surface area contributed by atoms with Crippen molar-refractivity contribution in [1.82, 2.24) is 0 Å². The van der Waals surface area contributed by atoms with Crippen molar-refractivity contribution in [1.29, 1.82) is 0 Å². The molecule has 0 amide bonds. The second kappa shape index (κ2) is 20.3. The lowest BCUT2D eigenvalue weighted by Gasteiger charge is -2.17. The van der Waals surface area contributed by atoms with E-state index in [1.165, 1.54) is 97.1 Å². The Hall–Kier alpha value is -7.94. The van der Waals surface area contributed by atoms with Crippen molar-refractivity contribution in [3.05, 3.63) is 190 Å². The van der Waals surface area contributed by atoms with Crippen LogP contribution in [-0.4, -0.2) is 73.4 Å². The van der Waals surface area contributed by atoms with Gasteiger partial charge in [0.05, 0.1) is 46.6 Å². The maximum Gasteiger partial charge on any atom is 0.343 e. The highest BCUT2D eigenvalue weighted by Crippen LogP contribution is 2.32. The van der Waals surface area contributed by atoms with Crippen molar-refractivity contribution in [2.75, 3.05) is 13.2 Å². The molecule has 334 valence electrons. The molecule has 0 spiro atoms. The van der Waals surface area contributed by atoms with E-state index in [2.05, 4.69) is 0 Å². The molecule has 66 heavy (non-hydrogen) atoms. The minimum Gasteiger partial charge on any atom is -0.453 e. The van der Waals surface area contributed by atoms with Gasteiger partial charge in [0.2, 0.25) is 0 Å². The quantitative estimate of drug-likeness (QED) is 0.0755. The molecule has 0 radical (unpaired) electrons. The first-order valence-electron chi connectivity index (χ1n) is 21.2. The molecule has 2 heterocycles. The van der Waals surface area contributed by atoms with Crippen LogP contribution in [0.25, 0.3) is 0 Å². The summed E-state index contributed by atoms with van der Waals surface area (Å²) in [7, 11) is 0. The van der Waals surface area contributed by atoms with Crippen LogP contribution in [0, 0.1) is 0 Å². The molecular formula is C52H42O14. The third-order valence-electron chi connectivity index (χ3n) is 10.9. The van der Waals surface area contributed by atoms with Crippen LogP contribution in [0.5, 0.6) is 23.0 Å². The summed E-state index contributed by atoms with van der Waals surface area (Å²) in [6.45, 7) is 4.07. The number of rotatable bonds is 14. The van der Waals surface area contributed by atoms with Crippen molar-refractivity contribution in [2.24, 2.45) is 0 Å². The number of fused-ring (bicyclic) bond motifs is 1. The number of aryl methyl sites for hydroxylation is 2. The molecule has 0 aromatic heterocycles. The summed E-state index contributed by atoms with van der Waals surface area (Å²) < 4.78 is 44.9. The highest BCUT2D eigenvalue weighted by molar-refractivity contribution is 5.95. The summed E-state index contributed by atoms with van der Waals surface area (Å²) >= 11 is 0. The van der Waals surface area contributed by atoms with Crippen LogP contribution in [0.2, 0.25) is 0 Å². The normalized spacial score (nSPS) is 17.2. The van der Waals surface area contributed by atoms with Crippen molar-refractivity contribution in [2.45, 2.75) is 51.1 Å². The molecule has 6 aromatic rings. The van der Waals surface area contributed by atoms with E-state index in [0.717, 1.165) is 24.0 Å². The van der Waals surface area contributed by atoms with Crippen LogP contribution in [-0.2, 0) is 31.8 Å². The Bertz CT molecular complexity index is 2520. The first-order chi connectivity index (χ1) is 32.0. The van der Waals surface area contributed by atoms with E-state index < -0.39 is 60.2 Å². The van der Waals surface area contributed by atoms with Gasteiger partial charge < -0.3 is 37.9 Å². The summed E-state index contributed by atoms with van der Waals surface area (Å²) in [5, 5.41) is 0. The van der Waals surface area contributed by atoms with Gasteiger partial charge in [-0.3, -0.25) is 0 Å². The number of hydrogen-bond donors (Lipinski definition) is 0. The van der Waals surface area contributed by atoms with Crippen molar-refractivity contribution in [3.63, 3.8) is 0 Å². The third-order valence-corrected chi connectivity index (χ3v) is 10.9. The summed E-state index contributed by atoms with van der Waals surface area (Å²) in [6.07, 6.45) is -1.23. The highest BCUT2D eigenvalue weighted by atomic mass is 16.7. The molecule has 2 fully saturated rings. The van der Waals surface area contributed by atoms with E-state index in [9.17, 15) is 28.8 Å². The standard InChI is InChI=1S/C52H42O14/c1-3-31-5-9-33(10-6-31)47(53)61-39-21-13-35(14-22-39)49(55)63-41-25-17-37(18-26-41)51(57)65-43-29-59-46-44(30-60-45(43)46)66-52(58)38-19-27-42(28-20-38)64-50(56)36-15-23-40(24-16-36)62-48(54)34-11-7-32(4-2)8-12-34/h5-28,43-46H,3-4,29-30H2,1-2H3. The summed E-state index contributed by atoms with van der Waals surface area (Å²) in [5.74, 6) is -2.78. The average Bonchev–Trinajstić information content (AvgIpc) is 3.94. The minimum absolute atomic E-state index is 0.0102. The molecule has 0 saturated carbocycles. The summed E-state index contributed by atoms with van der Waals surface area (Å²) in [5.41, 5.74) is 3.83. The van der Waals surface area contributed by atoms with Crippen LogP contribution in [0.1, 0.15) is 87.1 Å². The first-order valence-corrected chi connectivity index (χ1v) is 21.2. The van der Waals surface area contributed by atoms with Gasteiger partial charge in [0.25, 0.3) is 0 Å². The summed E-state index contributed by atoms with van der Waals surface area (Å²) in [6, 6.07) is 37.8. The molecule has 14 heteroatoms. The van der Waals surface area contributed by atoms with Gasteiger partial charge in [0, 0.05) is 0 Å². The van der Waals surface area contributed by atoms with E-state index >= 15 is 0 Å². The third kappa shape index (κ3) is 10.7. The zero-order valence-electron chi connectivity index (χ0n) is 35.7. The van der Waals surface area contributed by atoms with Crippen molar-refractivity contribution in [3.8, 4) is 23.0 Å². The maximum atomic E-state index is 13.1. The zero-order chi connectivity index (χ0) is 46.2. The van der Waals surface area contributed by atoms with Crippen molar-refractivity contribution < 1.29 is 66.7 Å². The van der Waals surface area contributed by atoms with Crippen LogP contribution in [0.4, 0.5) is 0 Å². The predicted octanol–water partition coefficient (Wildman–Crippen LogP) is 8.24. The lowest BCUT2D eigenvalue weighted by atomic mass is 10.1. The Morgan fingerprint density at radius 2 is 0.591 bits per heavy atom. The topological polar surface area (TPSA) is 176 Å². The fourth-order valence-corrected chi connectivity index (χ4v) is 7.10. The zero-order valence-corrected chi connectivity index (χ0v) is 35.7. The molecule has 2 aliphatic rings. The molecule has 2 saturated heterocycles. The Morgan fingerprint density at radius 1 is 0.364 bits per heavy atom. The van der Waals surface area contributed by atoms with Gasteiger partial charge in [-0.15, -0.1) is 0 Å². The van der Waals surface area contributed by atoms with E-state index in [1.807, 2.05) is 38.1 Å². The van der Waals surface area contributed by atoms with Crippen molar-refractivity contribution >= 4 is 35.8 Å². The van der Waals surface area contributed by atoms with Gasteiger partial charge in [-0.25, -0.2) is 28.8 Å². The lowest BCUT2D eigenvalue weighted by molar-refractivity contribution is -0.0287. The number of carbonyl (C=O) groups is 6. The average molecular weight is 891 g/mol.